The molecule has 0 N–H and O–H groups in total. The van der Waals surface area contributed by atoms with Crippen molar-refractivity contribution in [1.29, 1.82) is 0 Å². The molecular formula is C16H19BNO. The van der Waals surface area contributed by atoms with Gasteiger partial charge in [-0.1, -0.05) is 42.5 Å². The van der Waals surface area contributed by atoms with Crippen molar-refractivity contribution in [2.24, 2.45) is 0 Å². The second kappa shape index (κ2) is 4.21. The van der Waals surface area contributed by atoms with E-state index in [0.29, 0.717) is 17.6 Å². The smallest absolute Gasteiger partial charge is 0.136 e. The fourth-order valence-corrected chi connectivity index (χ4v) is 4.26. The molecule has 1 aromatic rings. The molecule has 2 bridgehead atoms. The van der Waals surface area contributed by atoms with Crippen LogP contribution >= 0.6 is 0 Å². The predicted octanol–water partition coefficient (Wildman–Crippen LogP) is 2.68. The maximum Gasteiger partial charge on any atom is 0.136 e. The van der Waals surface area contributed by atoms with Crippen LogP contribution in [-0.4, -0.2) is 29.5 Å². The minimum atomic E-state index is 0.176. The molecule has 4 rings (SSSR count). The fourth-order valence-electron chi connectivity index (χ4n) is 4.26. The van der Waals surface area contributed by atoms with Crippen LogP contribution in [0, 0.1) is 0 Å². The van der Waals surface area contributed by atoms with Gasteiger partial charge in [-0.15, -0.1) is 0 Å². The van der Waals surface area contributed by atoms with Gasteiger partial charge in [-0.25, -0.2) is 0 Å². The minimum Gasteiger partial charge on any atom is -0.300 e. The minimum absolute atomic E-state index is 0.176. The van der Waals surface area contributed by atoms with Gasteiger partial charge in [-0.3, -0.25) is 9.69 Å². The number of nitrogens with zero attached hydrogens (tertiary/aromatic N) is 1. The van der Waals surface area contributed by atoms with E-state index in [1.54, 1.807) is 0 Å². The molecular weight excluding hydrogens is 233 g/mol. The van der Waals surface area contributed by atoms with Crippen LogP contribution in [0.25, 0.3) is 0 Å². The number of benzene rings is 1. The molecule has 3 saturated heterocycles. The third-order valence-electron chi connectivity index (χ3n) is 5.25. The van der Waals surface area contributed by atoms with E-state index in [-0.39, 0.29) is 5.54 Å². The summed E-state index contributed by atoms with van der Waals surface area (Å²) in [7, 11) is 2.40. The molecule has 3 heteroatoms. The van der Waals surface area contributed by atoms with E-state index in [4.69, 9.17) is 0 Å². The number of hydrogen-bond donors (Lipinski definition) is 0. The normalized spacial score (nSPS) is 37.2. The van der Waals surface area contributed by atoms with Gasteiger partial charge >= 0.3 is 0 Å². The first-order chi connectivity index (χ1) is 9.28. The summed E-state index contributed by atoms with van der Waals surface area (Å²) in [5.41, 5.74) is 1.56. The standard InChI is InChI=1S/C16H19BNO/c19-14-8-13-6-7-16(9-14,15-10-17-15)18(13)11-12-4-2-1-3-5-12/h1-5,13,15H,6-11H2/t13?,15?,16-/m1/s1. The molecule has 0 aliphatic carbocycles. The maximum absolute atomic E-state index is 12.0. The number of carbonyl (C=O) groups is 1. The van der Waals surface area contributed by atoms with Crippen molar-refractivity contribution in [1.82, 2.24) is 4.90 Å². The average molecular weight is 252 g/mol. The van der Waals surface area contributed by atoms with Gasteiger partial charge in [-0.05, 0) is 18.4 Å². The van der Waals surface area contributed by atoms with Crippen LogP contribution in [0.15, 0.2) is 30.3 Å². The van der Waals surface area contributed by atoms with Gasteiger partial charge in [0.05, 0.1) is 0 Å². The second-order valence-corrected chi connectivity index (χ2v) is 6.41. The van der Waals surface area contributed by atoms with Gasteiger partial charge in [0.25, 0.3) is 0 Å². The Morgan fingerprint density at radius 3 is 2.84 bits per heavy atom. The molecule has 0 amide bonds. The van der Waals surface area contributed by atoms with E-state index in [2.05, 4.69) is 42.5 Å². The van der Waals surface area contributed by atoms with Crippen LogP contribution in [-0.2, 0) is 11.3 Å². The number of ketones is 1. The summed E-state index contributed by atoms with van der Waals surface area (Å²) < 4.78 is 0. The zero-order chi connectivity index (χ0) is 12.9. The van der Waals surface area contributed by atoms with Crippen LogP contribution in [0.5, 0.6) is 0 Å². The molecule has 0 saturated carbocycles. The third-order valence-corrected chi connectivity index (χ3v) is 5.25. The zero-order valence-electron chi connectivity index (χ0n) is 11.2. The molecule has 1 radical (unpaired) electrons. The lowest BCUT2D eigenvalue weighted by atomic mass is 9.76. The molecule has 0 spiro atoms. The Balaban J connectivity index is 1.64. The molecule has 2 nitrogen and oxygen atoms in total. The second-order valence-electron chi connectivity index (χ2n) is 6.41. The first kappa shape index (κ1) is 11.7. The molecule has 1 aromatic carbocycles. The van der Waals surface area contributed by atoms with Crippen molar-refractivity contribution in [3.8, 4) is 0 Å². The summed E-state index contributed by atoms with van der Waals surface area (Å²) in [5, 5.41) is 0. The fraction of sp³-hybridized carbons (Fsp3) is 0.562. The lowest BCUT2D eigenvalue weighted by Crippen LogP contribution is -2.52. The van der Waals surface area contributed by atoms with E-state index in [9.17, 15) is 4.79 Å². The van der Waals surface area contributed by atoms with Gasteiger partial charge < -0.3 is 0 Å². The highest BCUT2D eigenvalue weighted by Gasteiger charge is 2.57. The Hall–Kier alpha value is -1.09. The molecule has 97 valence electrons. The molecule has 19 heavy (non-hydrogen) atoms. The summed E-state index contributed by atoms with van der Waals surface area (Å²) in [4.78, 5) is 14.7. The van der Waals surface area contributed by atoms with Crippen molar-refractivity contribution < 1.29 is 4.79 Å². The maximum atomic E-state index is 12.0. The van der Waals surface area contributed by atoms with E-state index in [1.165, 1.54) is 24.7 Å². The largest absolute Gasteiger partial charge is 0.300 e. The zero-order valence-corrected chi connectivity index (χ0v) is 11.2. The Morgan fingerprint density at radius 2 is 2.11 bits per heavy atom. The van der Waals surface area contributed by atoms with Crippen LogP contribution in [0.2, 0.25) is 12.1 Å². The number of fused-ring (bicyclic) bond motifs is 2. The summed E-state index contributed by atoms with van der Waals surface area (Å²) >= 11 is 0. The van der Waals surface area contributed by atoms with Crippen molar-refractivity contribution in [3.63, 3.8) is 0 Å². The molecule has 3 fully saturated rings. The number of hydrogen-bond acceptors (Lipinski definition) is 2. The molecule has 3 heterocycles. The van der Waals surface area contributed by atoms with Gasteiger partial charge in [0.1, 0.15) is 13.1 Å². The highest BCUT2D eigenvalue weighted by atomic mass is 16.1. The summed E-state index contributed by atoms with van der Waals surface area (Å²) in [6, 6.07) is 11.2. The van der Waals surface area contributed by atoms with Crippen LogP contribution in [0.3, 0.4) is 0 Å². The molecule has 3 aliphatic rings. The summed E-state index contributed by atoms with van der Waals surface area (Å²) in [6.07, 6.45) is 5.21. The molecule has 3 aliphatic heterocycles. The van der Waals surface area contributed by atoms with Crippen LogP contribution < -0.4 is 0 Å². The van der Waals surface area contributed by atoms with Crippen molar-refractivity contribution >= 4 is 13.1 Å². The Kier molecular flexibility index (Phi) is 2.59. The van der Waals surface area contributed by atoms with Gasteiger partial charge in [0.15, 0.2) is 0 Å². The van der Waals surface area contributed by atoms with Crippen molar-refractivity contribution in [2.45, 2.75) is 55.9 Å². The summed E-state index contributed by atoms with van der Waals surface area (Å²) in [6.45, 7) is 1.02. The van der Waals surface area contributed by atoms with Crippen LogP contribution in [0.1, 0.15) is 31.2 Å². The lowest BCUT2D eigenvalue weighted by Gasteiger charge is -2.45. The number of Topliss-reactive ketones (excluding diaryl/α,β-unsaturated/α-hetero) is 1. The highest BCUT2D eigenvalue weighted by Crippen LogP contribution is 2.56. The number of carbonyl (C=O) groups excluding carboxylic acids is 1. The SMILES string of the molecule is O=C1CC2CC[C@](C3[B]C3)(C1)N2Cc1ccccc1. The van der Waals surface area contributed by atoms with Crippen molar-refractivity contribution in [3.05, 3.63) is 35.9 Å². The first-order valence-electron chi connectivity index (χ1n) is 7.44. The number of piperidine rings is 1. The van der Waals surface area contributed by atoms with Gasteiger partial charge in [-0.2, -0.15) is 0 Å². The number of rotatable bonds is 3. The highest BCUT2D eigenvalue weighted by molar-refractivity contribution is 6.51. The monoisotopic (exact) mass is 252 g/mol. The molecule has 0 aromatic heterocycles. The predicted molar refractivity (Wildman–Crippen MR) is 76.3 cm³/mol. The molecule has 2 unspecified atom stereocenters. The Bertz CT molecular complexity index is 499. The quantitative estimate of drug-likeness (QED) is 0.771. The molecule has 3 atom stereocenters. The topological polar surface area (TPSA) is 20.3 Å². The van der Waals surface area contributed by atoms with E-state index < -0.39 is 0 Å². The Labute approximate surface area is 115 Å². The van der Waals surface area contributed by atoms with E-state index in [1.807, 2.05) is 0 Å². The Morgan fingerprint density at radius 1 is 1.32 bits per heavy atom. The van der Waals surface area contributed by atoms with Crippen molar-refractivity contribution in [2.75, 3.05) is 0 Å². The third kappa shape index (κ3) is 1.87. The lowest BCUT2D eigenvalue weighted by molar-refractivity contribution is -0.127. The van der Waals surface area contributed by atoms with Gasteiger partial charge in [0.2, 0.25) is 0 Å². The van der Waals surface area contributed by atoms with E-state index in [0.717, 1.165) is 19.4 Å². The summed E-state index contributed by atoms with van der Waals surface area (Å²) in [5.74, 6) is 1.16. The average Bonchev–Trinajstić information content (AvgIpc) is 3.22. The first-order valence-corrected chi connectivity index (χ1v) is 7.44. The van der Waals surface area contributed by atoms with Crippen LogP contribution in [0.4, 0.5) is 0 Å². The van der Waals surface area contributed by atoms with Gasteiger partial charge in [0, 0.05) is 31.0 Å². The van der Waals surface area contributed by atoms with E-state index >= 15 is 0 Å².